The molecule has 1 heterocycles. The summed E-state index contributed by atoms with van der Waals surface area (Å²) >= 11 is 0. The van der Waals surface area contributed by atoms with Gasteiger partial charge in [-0.25, -0.2) is 14.4 Å². The molecule has 0 radical (unpaired) electrons. The number of hydrogen-bond donors (Lipinski definition) is 1. The molecule has 2 rings (SSSR count). The minimum Gasteiger partial charge on any atom is -0.494 e. The summed E-state index contributed by atoms with van der Waals surface area (Å²) < 4.78 is 18.7. The molecule has 0 fully saturated rings. The minimum absolute atomic E-state index is 0.211. The lowest BCUT2D eigenvalue weighted by Gasteiger charge is -2.10. The number of nitrogen functional groups attached to an aromatic ring is 1. The highest BCUT2D eigenvalue weighted by Crippen LogP contribution is 2.28. The van der Waals surface area contributed by atoms with E-state index in [2.05, 4.69) is 9.97 Å². The Hall–Kier alpha value is -2.17. The zero-order chi connectivity index (χ0) is 13.8. The number of ether oxygens (including phenoxy) is 1. The predicted molar refractivity (Wildman–Crippen MR) is 72.4 cm³/mol. The van der Waals surface area contributed by atoms with E-state index in [1.54, 1.807) is 12.1 Å². The van der Waals surface area contributed by atoms with Crippen LogP contribution in [-0.2, 0) is 6.42 Å². The highest BCUT2D eigenvalue weighted by molar-refractivity contribution is 5.68. The molecule has 0 amide bonds. The number of nitrogens with zero attached hydrogens (tertiary/aromatic N) is 2. The average Bonchev–Trinajstić information content (AvgIpc) is 2.41. The number of nitrogens with two attached hydrogens (primary N) is 1. The molecule has 0 aliphatic heterocycles. The minimum atomic E-state index is -0.417. The maximum Gasteiger partial charge on any atom is 0.165 e. The van der Waals surface area contributed by atoms with Crippen LogP contribution in [-0.4, -0.2) is 17.1 Å². The molecule has 19 heavy (non-hydrogen) atoms. The molecular formula is C14H16FN3O. The molecule has 5 heteroatoms. The number of hydrogen-bond acceptors (Lipinski definition) is 4. The first kappa shape index (κ1) is 13.3. The fraction of sp³-hybridized carbons (Fsp3) is 0.286. The van der Waals surface area contributed by atoms with Gasteiger partial charge >= 0.3 is 0 Å². The van der Waals surface area contributed by atoms with E-state index in [4.69, 9.17) is 10.5 Å². The van der Waals surface area contributed by atoms with E-state index in [-0.39, 0.29) is 5.75 Å². The van der Waals surface area contributed by atoms with Crippen molar-refractivity contribution in [3.63, 3.8) is 0 Å². The smallest absolute Gasteiger partial charge is 0.165 e. The molecule has 4 nitrogen and oxygen atoms in total. The van der Waals surface area contributed by atoms with Crippen LogP contribution in [0.2, 0.25) is 0 Å². The van der Waals surface area contributed by atoms with Gasteiger partial charge in [-0.3, -0.25) is 0 Å². The van der Waals surface area contributed by atoms with Crippen molar-refractivity contribution in [2.45, 2.75) is 19.8 Å². The van der Waals surface area contributed by atoms with Crippen LogP contribution < -0.4 is 10.5 Å². The van der Waals surface area contributed by atoms with Crippen molar-refractivity contribution >= 4 is 5.82 Å². The Kier molecular flexibility index (Phi) is 3.94. The Labute approximate surface area is 111 Å². The summed E-state index contributed by atoms with van der Waals surface area (Å²) in [5, 5.41) is 0. The normalized spacial score (nSPS) is 10.5. The first-order valence-electron chi connectivity index (χ1n) is 6.10. The number of anilines is 1. The lowest BCUT2D eigenvalue weighted by Crippen LogP contribution is -2.02. The van der Waals surface area contributed by atoms with Gasteiger partial charge in [0.05, 0.1) is 12.8 Å². The van der Waals surface area contributed by atoms with Gasteiger partial charge in [0.25, 0.3) is 0 Å². The first-order chi connectivity index (χ1) is 9.17. The number of aromatic nitrogens is 2. The lowest BCUT2D eigenvalue weighted by molar-refractivity contribution is 0.386. The van der Waals surface area contributed by atoms with E-state index in [9.17, 15) is 4.39 Å². The van der Waals surface area contributed by atoms with Crippen LogP contribution in [0.25, 0.3) is 11.3 Å². The largest absolute Gasteiger partial charge is 0.494 e. The molecule has 100 valence electrons. The van der Waals surface area contributed by atoms with Crippen molar-refractivity contribution in [3.05, 3.63) is 35.9 Å². The van der Waals surface area contributed by atoms with Crippen molar-refractivity contribution < 1.29 is 9.13 Å². The summed E-state index contributed by atoms with van der Waals surface area (Å²) in [7, 11) is 1.43. The van der Waals surface area contributed by atoms with Crippen molar-refractivity contribution in [2.24, 2.45) is 0 Å². The van der Waals surface area contributed by atoms with E-state index < -0.39 is 5.82 Å². The maximum atomic E-state index is 13.8. The van der Waals surface area contributed by atoms with Crippen molar-refractivity contribution in [1.29, 1.82) is 0 Å². The number of methoxy groups -OCH3 is 1. The van der Waals surface area contributed by atoms with Crippen LogP contribution in [0.3, 0.4) is 0 Å². The van der Waals surface area contributed by atoms with Crippen LogP contribution in [0.1, 0.15) is 18.9 Å². The Bertz CT molecular complexity index is 587. The lowest BCUT2D eigenvalue weighted by atomic mass is 10.0. The Balaban J connectivity index is 2.52. The number of halogens is 1. The molecule has 0 aliphatic rings. The van der Waals surface area contributed by atoms with E-state index in [1.165, 1.54) is 19.5 Å². The predicted octanol–water partition coefficient (Wildman–Crippen LogP) is 2.83. The van der Waals surface area contributed by atoms with Gasteiger partial charge in [0.2, 0.25) is 0 Å². The molecule has 0 atom stereocenters. The van der Waals surface area contributed by atoms with E-state index >= 15 is 0 Å². The topological polar surface area (TPSA) is 61.0 Å². The first-order valence-corrected chi connectivity index (χ1v) is 6.10. The maximum absolute atomic E-state index is 13.8. The SMILES string of the molecule is CCCc1c(N)ncnc1-c1ccc(OC)c(F)c1. The van der Waals surface area contributed by atoms with Crippen LogP contribution in [0.15, 0.2) is 24.5 Å². The van der Waals surface area contributed by atoms with Crippen LogP contribution in [0.5, 0.6) is 5.75 Å². The molecule has 0 saturated heterocycles. The monoisotopic (exact) mass is 261 g/mol. The highest BCUT2D eigenvalue weighted by atomic mass is 19.1. The second-order valence-electron chi connectivity index (χ2n) is 4.19. The van der Waals surface area contributed by atoms with Gasteiger partial charge in [-0.2, -0.15) is 0 Å². The molecule has 0 saturated carbocycles. The van der Waals surface area contributed by atoms with E-state index in [1.807, 2.05) is 6.92 Å². The Morgan fingerprint density at radius 2 is 2.11 bits per heavy atom. The molecular weight excluding hydrogens is 245 g/mol. The fourth-order valence-electron chi connectivity index (χ4n) is 1.98. The zero-order valence-electron chi connectivity index (χ0n) is 11.0. The van der Waals surface area contributed by atoms with Gasteiger partial charge in [0, 0.05) is 11.1 Å². The average molecular weight is 261 g/mol. The van der Waals surface area contributed by atoms with Crippen LogP contribution >= 0.6 is 0 Å². The molecule has 0 spiro atoms. The van der Waals surface area contributed by atoms with E-state index in [0.29, 0.717) is 17.1 Å². The summed E-state index contributed by atoms with van der Waals surface area (Å²) in [6.45, 7) is 2.05. The summed E-state index contributed by atoms with van der Waals surface area (Å²) in [4.78, 5) is 8.21. The van der Waals surface area contributed by atoms with Gasteiger partial charge in [-0.1, -0.05) is 13.3 Å². The molecule has 2 aromatic rings. The molecule has 2 N–H and O–H groups in total. The zero-order valence-corrected chi connectivity index (χ0v) is 11.0. The second-order valence-corrected chi connectivity index (χ2v) is 4.19. The third-order valence-electron chi connectivity index (χ3n) is 2.90. The summed E-state index contributed by atoms with van der Waals surface area (Å²) in [6, 6.07) is 4.75. The molecule has 1 aromatic heterocycles. The van der Waals surface area contributed by atoms with Crippen LogP contribution in [0.4, 0.5) is 10.2 Å². The molecule has 0 bridgehead atoms. The summed E-state index contributed by atoms with van der Waals surface area (Å²) in [5.74, 6) is 0.241. The molecule has 1 aromatic carbocycles. The Morgan fingerprint density at radius 3 is 2.74 bits per heavy atom. The van der Waals surface area contributed by atoms with Gasteiger partial charge in [0.15, 0.2) is 11.6 Å². The van der Waals surface area contributed by atoms with Crippen LogP contribution in [0, 0.1) is 5.82 Å². The van der Waals surface area contributed by atoms with Crippen molar-refractivity contribution in [2.75, 3.05) is 12.8 Å². The van der Waals surface area contributed by atoms with Gasteiger partial charge < -0.3 is 10.5 Å². The molecule has 0 unspecified atom stereocenters. The second kappa shape index (κ2) is 5.65. The highest BCUT2D eigenvalue weighted by Gasteiger charge is 2.12. The summed E-state index contributed by atoms with van der Waals surface area (Å²) in [5.41, 5.74) is 8.08. The quantitative estimate of drug-likeness (QED) is 0.919. The summed E-state index contributed by atoms with van der Waals surface area (Å²) in [6.07, 6.45) is 3.07. The van der Waals surface area contributed by atoms with Gasteiger partial charge in [-0.15, -0.1) is 0 Å². The van der Waals surface area contributed by atoms with E-state index in [0.717, 1.165) is 18.4 Å². The van der Waals surface area contributed by atoms with Crippen molar-refractivity contribution in [1.82, 2.24) is 9.97 Å². The van der Waals surface area contributed by atoms with Gasteiger partial charge in [0.1, 0.15) is 12.1 Å². The third-order valence-corrected chi connectivity index (χ3v) is 2.90. The standard InChI is InChI=1S/C14H16FN3O/c1-3-4-10-13(17-8-18-14(10)16)9-5-6-12(19-2)11(15)7-9/h5-8H,3-4H2,1-2H3,(H2,16,17,18). The fourth-order valence-corrected chi connectivity index (χ4v) is 1.98. The van der Waals surface area contributed by atoms with Gasteiger partial charge in [-0.05, 0) is 24.6 Å². The third kappa shape index (κ3) is 2.65. The van der Waals surface area contributed by atoms with Crippen molar-refractivity contribution in [3.8, 4) is 17.0 Å². The Morgan fingerprint density at radius 1 is 1.32 bits per heavy atom. The number of rotatable bonds is 4. The molecule has 0 aliphatic carbocycles. The number of benzene rings is 1.